The lowest BCUT2D eigenvalue weighted by Gasteiger charge is -2.34. The second kappa shape index (κ2) is 8.57. The van der Waals surface area contributed by atoms with Crippen LogP contribution in [0.1, 0.15) is 25.3 Å². The monoisotopic (exact) mass is 376 g/mol. The molecule has 0 unspecified atom stereocenters. The molecule has 1 amide bonds. The van der Waals surface area contributed by atoms with Crippen LogP contribution in [0.15, 0.2) is 48.7 Å². The van der Waals surface area contributed by atoms with E-state index in [2.05, 4.69) is 40.0 Å². The van der Waals surface area contributed by atoms with Gasteiger partial charge in [0.15, 0.2) is 0 Å². The number of carbonyl (C=O) groups excluding carboxylic acids is 1. The molecule has 2 aromatic heterocycles. The van der Waals surface area contributed by atoms with Crippen molar-refractivity contribution >= 4 is 16.8 Å². The zero-order chi connectivity index (χ0) is 19.3. The van der Waals surface area contributed by atoms with Crippen LogP contribution in [0.2, 0.25) is 0 Å². The van der Waals surface area contributed by atoms with E-state index in [0.717, 1.165) is 62.5 Å². The lowest BCUT2D eigenvalue weighted by molar-refractivity contribution is -0.133. The zero-order valence-corrected chi connectivity index (χ0v) is 16.5. The van der Waals surface area contributed by atoms with Crippen LogP contribution in [0, 0.1) is 0 Å². The van der Waals surface area contributed by atoms with E-state index >= 15 is 0 Å². The Morgan fingerprint density at radius 2 is 1.86 bits per heavy atom. The third-order valence-electron chi connectivity index (χ3n) is 5.72. The third kappa shape index (κ3) is 3.94. The van der Waals surface area contributed by atoms with Crippen LogP contribution in [-0.4, -0.2) is 58.4 Å². The summed E-state index contributed by atoms with van der Waals surface area (Å²) >= 11 is 0. The Balaban J connectivity index is 1.45. The Morgan fingerprint density at radius 1 is 1.07 bits per heavy atom. The maximum absolute atomic E-state index is 12.6. The highest BCUT2D eigenvalue weighted by Gasteiger charge is 2.20. The van der Waals surface area contributed by atoms with Crippen molar-refractivity contribution in [3.8, 4) is 11.4 Å². The number of hydrogen-bond donors (Lipinski definition) is 1. The molecule has 1 fully saturated rings. The van der Waals surface area contributed by atoms with Crippen LogP contribution in [0.25, 0.3) is 22.3 Å². The summed E-state index contributed by atoms with van der Waals surface area (Å²) in [6.07, 6.45) is 4.16. The van der Waals surface area contributed by atoms with Gasteiger partial charge in [-0.05, 0) is 43.1 Å². The number of aromatic nitrogens is 2. The van der Waals surface area contributed by atoms with Gasteiger partial charge in [-0.1, -0.05) is 31.2 Å². The Labute approximate surface area is 166 Å². The largest absolute Gasteiger partial charge is 0.353 e. The predicted octanol–water partition coefficient (Wildman–Crippen LogP) is 3.72. The molecule has 3 heterocycles. The summed E-state index contributed by atoms with van der Waals surface area (Å²) in [7, 11) is 0. The van der Waals surface area contributed by atoms with Crippen molar-refractivity contribution in [1.29, 1.82) is 0 Å². The molecule has 1 aromatic carbocycles. The maximum atomic E-state index is 12.6. The fraction of sp³-hybridized carbons (Fsp3) is 0.391. The average Bonchev–Trinajstić information content (AvgIpc) is 3.13. The number of hydrogen-bond acceptors (Lipinski definition) is 3. The molecule has 5 nitrogen and oxygen atoms in total. The summed E-state index contributed by atoms with van der Waals surface area (Å²) in [6.45, 7) is 6.96. The SMILES string of the molecule is CCN1CCN(C(=O)CCCc2c(-c3ccccn3)[nH]c3ccccc23)CC1. The second-order valence-corrected chi connectivity index (χ2v) is 7.41. The van der Waals surface area contributed by atoms with Crippen LogP contribution >= 0.6 is 0 Å². The van der Waals surface area contributed by atoms with E-state index in [1.54, 1.807) is 0 Å². The molecule has 0 spiro atoms. The highest BCUT2D eigenvalue weighted by atomic mass is 16.2. The Bertz CT molecular complexity index is 926. The first-order valence-electron chi connectivity index (χ1n) is 10.3. The lowest BCUT2D eigenvalue weighted by Crippen LogP contribution is -2.48. The molecule has 0 saturated carbocycles. The number of benzene rings is 1. The number of pyridine rings is 1. The second-order valence-electron chi connectivity index (χ2n) is 7.41. The van der Waals surface area contributed by atoms with Crippen LogP contribution in [0.3, 0.4) is 0 Å². The first kappa shape index (κ1) is 18.7. The van der Waals surface area contributed by atoms with Crippen LogP contribution in [0.5, 0.6) is 0 Å². The van der Waals surface area contributed by atoms with E-state index in [1.807, 2.05) is 35.4 Å². The van der Waals surface area contributed by atoms with Gasteiger partial charge in [0.2, 0.25) is 5.91 Å². The van der Waals surface area contributed by atoms with Crippen molar-refractivity contribution in [2.24, 2.45) is 0 Å². The topological polar surface area (TPSA) is 52.2 Å². The van der Waals surface area contributed by atoms with Gasteiger partial charge in [-0.2, -0.15) is 0 Å². The number of aromatic amines is 1. The number of H-pyrrole nitrogens is 1. The number of piperazine rings is 1. The summed E-state index contributed by atoms with van der Waals surface area (Å²) in [5, 5.41) is 1.23. The molecule has 1 saturated heterocycles. The van der Waals surface area contributed by atoms with Gasteiger partial charge in [0.1, 0.15) is 0 Å². The van der Waals surface area contributed by atoms with Crippen molar-refractivity contribution < 1.29 is 4.79 Å². The molecule has 1 N–H and O–H groups in total. The highest BCUT2D eigenvalue weighted by molar-refractivity contribution is 5.90. The van der Waals surface area contributed by atoms with E-state index in [-0.39, 0.29) is 5.91 Å². The molecular weight excluding hydrogens is 348 g/mol. The molecule has 0 bridgehead atoms. The number of carbonyl (C=O) groups is 1. The number of fused-ring (bicyclic) bond motifs is 1. The molecule has 1 aliphatic heterocycles. The zero-order valence-electron chi connectivity index (χ0n) is 16.5. The summed E-state index contributed by atoms with van der Waals surface area (Å²) in [5.41, 5.74) is 4.42. The normalized spacial score (nSPS) is 15.2. The van der Waals surface area contributed by atoms with Crippen LogP contribution < -0.4 is 0 Å². The molecule has 0 aliphatic carbocycles. The minimum absolute atomic E-state index is 0.287. The van der Waals surface area contributed by atoms with Crippen LogP contribution in [-0.2, 0) is 11.2 Å². The maximum Gasteiger partial charge on any atom is 0.222 e. The molecule has 5 heteroatoms. The number of rotatable bonds is 6. The number of amides is 1. The summed E-state index contributed by atoms with van der Waals surface area (Å²) in [5.74, 6) is 0.287. The van der Waals surface area contributed by atoms with E-state index < -0.39 is 0 Å². The molecule has 0 radical (unpaired) electrons. The molecule has 4 rings (SSSR count). The Hall–Kier alpha value is -2.66. The Kier molecular flexibility index (Phi) is 5.72. The van der Waals surface area contributed by atoms with Crippen LogP contribution in [0.4, 0.5) is 0 Å². The summed E-state index contributed by atoms with van der Waals surface area (Å²) in [6, 6.07) is 14.3. The van der Waals surface area contributed by atoms with Crippen molar-refractivity contribution in [3.05, 3.63) is 54.2 Å². The third-order valence-corrected chi connectivity index (χ3v) is 5.72. The van der Waals surface area contributed by atoms with Gasteiger partial charge in [-0.3, -0.25) is 9.78 Å². The number of nitrogens with one attached hydrogen (secondary N) is 1. The van der Waals surface area contributed by atoms with Gasteiger partial charge in [0, 0.05) is 49.7 Å². The molecule has 0 atom stereocenters. The van der Waals surface area contributed by atoms with Crippen molar-refractivity contribution in [3.63, 3.8) is 0 Å². The van der Waals surface area contributed by atoms with Crippen molar-refractivity contribution in [1.82, 2.24) is 19.8 Å². The smallest absolute Gasteiger partial charge is 0.222 e. The quantitative estimate of drug-likeness (QED) is 0.713. The molecule has 1 aliphatic rings. The summed E-state index contributed by atoms with van der Waals surface area (Å²) < 4.78 is 0. The molecule has 146 valence electrons. The molecule has 28 heavy (non-hydrogen) atoms. The Morgan fingerprint density at radius 3 is 2.61 bits per heavy atom. The predicted molar refractivity (Wildman–Crippen MR) is 113 cm³/mol. The van der Waals surface area contributed by atoms with Gasteiger partial charge in [0.25, 0.3) is 0 Å². The van der Waals surface area contributed by atoms with Gasteiger partial charge < -0.3 is 14.8 Å². The number of likely N-dealkylation sites (N-methyl/N-ethyl adjacent to an activating group) is 1. The molecule has 3 aromatic rings. The fourth-order valence-electron chi connectivity index (χ4n) is 4.08. The standard InChI is InChI=1S/C23H28N4O/c1-2-26-14-16-27(17-15-26)22(28)12-7-9-19-18-8-3-4-10-20(18)25-23(19)21-11-5-6-13-24-21/h3-6,8,10-11,13,25H,2,7,9,12,14-17H2,1H3. The highest BCUT2D eigenvalue weighted by Crippen LogP contribution is 2.30. The first-order chi connectivity index (χ1) is 13.8. The summed E-state index contributed by atoms with van der Waals surface area (Å²) in [4.78, 5) is 25.1. The van der Waals surface area contributed by atoms with E-state index in [4.69, 9.17) is 0 Å². The minimum atomic E-state index is 0.287. The first-order valence-corrected chi connectivity index (χ1v) is 10.3. The lowest BCUT2D eigenvalue weighted by atomic mass is 10.0. The number of nitrogens with zero attached hydrogens (tertiary/aromatic N) is 3. The average molecular weight is 377 g/mol. The van der Waals surface area contributed by atoms with Gasteiger partial charge >= 0.3 is 0 Å². The van der Waals surface area contributed by atoms with E-state index in [9.17, 15) is 4.79 Å². The van der Waals surface area contributed by atoms with Crippen molar-refractivity contribution in [2.45, 2.75) is 26.2 Å². The van der Waals surface area contributed by atoms with E-state index in [0.29, 0.717) is 6.42 Å². The fourth-order valence-corrected chi connectivity index (χ4v) is 4.08. The van der Waals surface area contributed by atoms with Crippen molar-refractivity contribution in [2.75, 3.05) is 32.7 Å². The minimum Gasteiger partial charge on any atom is -0.353 e. The number of para-hydroxylation sites is 1. The van der Waals surface area contributed by atoms with Gasteiger partial charge in [0.05, 0.1) is 11.4 Å². The van der Waals surface area contributed by atoms with Gasteiger partial charge in [-0.25, -0.2) is 0 Å². The van der Waals surface area contributed by atoms with E-state index in [1.165, 1.54) is 10.9 Å². The van der Waals surface area contributed by atoms with Gasteiger partial charge in [-0.15, -0.1) is 0 Å². The number of aryl methyl sites for hydroxylation is 1. The molecular formula is C23H28N4O.